The number of ketones is 1. The molecule has 1 aromatic heterocycles. The summed E-state index contributed by atoms with van der Waals surface area (Å²) in [4.78, 5) is 48.1. The normalized spacial score (nSPS) is 14.3. The van der Waals surface area contributed by atoms with Gasteiger partial charge in [0.25, 0.3) is 0 Å². The average Bonchev–Trinajstić information content (AvgIpc) is 3.08. The Bertz CT molecular complexity index is 907. The van der Waals surface area contributed by atoms with Gasteiger partial charge in [-0.05, 0) is 42.7 Å². The second kappa shape index (κ2) is 8.55. The minimum absolute atomic E-state index is 0.0757. The number of rotatable bonds is 8. The number of hydrogen-bond acceptors (Lipinski definition) is 10. The van der Waals surface area contributed by atoms with Crippen LogP contribution in [0.2, 0.25) is 0 Å². The molecule has 0 bridgehead atoms. The molecule has 1 heterocycles. The van der Waals surface area contributed by atoms with Gasteiger partial charge in [-0.1, -0.05) is 12.1 Å². The third-order valence-corrected chi connectivity index (χ3v) is 4.09. The molecule has 0 aliphatic carbocycles. The fraction of sp³-hybridized carbons (Fsp3) is 0.471. The van der Waals surface area contributed by atoms with Crippen LogP contribution < -0.4 is 0 Å². The van der Waals surface area contributed by atoms with Crippen LogP contribution in [0.3, 0.4) is 0 Å². The average molecular weight is 393 g/mol. The van der Waals surface area contributed by atoms with Crippen LogP contribution in [0.15, 0.2) is 22.8 Å². The molecule has 0 radical (unpaired) electrons. The molecule has 11 nitrogen and oxygen atoms in total. The molecule has 0 saturated carbocycles. The molecule has 28 heavy (non-hydrogen) atoms. The smallest absolute Gasteiger partial charge is 0.382 e. The molecule has 150 valence electrons. The van der Waals surface area contributed by atoms with Crippen molar-refractivity contribution in [2.75, 3.05) is 7.11 Å². The van der Waals surface area contributed by atoms with Gasteiger partial charge < -0.3 is 9.47 Å². The van der Waals surface area contributed by atoms with E-state index in [1.807, 2.05) is 0 Å². The van der Waals surface area contributed by atoms with E-state index in [0.29, 0.717) is 0 Å². The molecule has 1 aromatic carbocycles. The van der Waals surface area contributed by atoms with E-state index >= 15 is 0 Å². The van der Waals surface area contributed by atoms with Gasteiger partial charge in [-0.3, -0.25) is 19.7 Å². The van der Waals surface area contributed by atoms with Crippen LogP contribution in [0, 0.1) is 16.0 Å². The zero-order chi connectivity index (χ0) is 21.0. The molecule has 0 amide bonds. The van der Waals surface area contributed by atoms with E-state index in [1.165, 1.54) is 18.2 Å². The van der Waals surface area contributed by atoms with Crippen LogP contribution in [0.25, 0.3) is 11.0 Å². The number of ether oxygens (including phenoxy) is 2. The molecule has 2 aromatic rings. The quantitative estimate of drug-likeness (QED) is 0.277. The number of aromatic nitrogens is 2. The first-order valence-electron chi connectivity index (χ1n) is 8.32. The summed E-state index contributed by atoms with van der Waals surface area (Å²) in [6.45, 7) is 4.23. The van der Waals surface area contributed by atoms with Crippen molar-refractivity contribution in [1.82, 2.24) is 10.3 Å². The van der Waals surface area contributed by atoms with Crippen molar-refractivity contribution in [3.8, 4) is 0 Å². The Morgan fingerprint density at radius 3 is 2.39 bits per heavy atom. The van der Waals surface area contributed by atoms with Gasteiger partial charge in [0.05, 0.1) is 19.1 Å². The molecule has 0 spiro atoms. The minimum atomic E-state index is -2.05. The van der Waals surface area contributed by atoms with E-state index in [9.17, 15) is 24.5 Å². The molecular formula is C17H19N3O8. The number of Topliss-reactive ketones (excluding diaryl/α,β-unsaturated/α-hetero) is 1. The van der Waals surface area contributed by atoms with Gasteiger partial charge in [-0.2, -0.15) is 0 Å². The number of benzene rings is 1. The number of carbonyl (C=O) groups is 3. The molecular weight excluding hydrogens is 374 g/mol. The van der Waals surface area contributed by atoms with Gasteiger partial charge in [0.1, 0.15) is 22.7 Å². The highest BCUT2D eigenvalue weighted by Crippen LogP contribution is 2.36. The molecule has 3 atom stereocenters. The molecule has 2 rings (SSSR count). The fourth-order valence-corrected chi connectivity index (χ4v) is 2.98. The zero-order valence-electron chi connectivity index (χ0n) is 15.6. The standard InChI is InChI=1S/C17H19N3O8/c1-8(2)27-16(22)12(9(3)21)13(15(20(24)25)17(23)26-4)10-6-5-7-11-14(10)19-28-18-11/h5-8,12-13,15H,1-4H3. The topological polar surface area (TPSA) is 152 Å². The van der Waals surface area contributed by atoms with Crippen LogP contribution in [-0.2, 0) is 23.9 Å². The first kappa shape index (κ1) is 20.9. The van der Waals surface area contributed by atoms with Crippen LogP contribution in [0.4, 0.5) is 0 Å². The summed E-state index contributed by atoms with van der Waals surface area (Å²) in [6, 6.07) is 2.38. The third-order valence-electron chi connectivity index (χ3n) is 4.09. The van der Waals surface area contributed by atoms with Crippen molar-refractivity contribution < 1.29 is 33.4 Å². The Balaban J connectivity index is 2.75. The highest BCUT2D eigenvalue weighted by atomic mass is 16.6. The van der Waals surface area contributed by atoms with Gasteiger partial charge in [0, 0.05) is 4.92 Å². The van der Waals surface area contributed by atoms with E-state index in [1.54, 1.807) is 13.8 Å². The van der Waals surface area contributed by atoms with Gasteiger partial charge in [0.15, 0.2) is 0 Å². The van der Waals surface area contributed by atoms with Crippen LogP contribution >= 0.6 is 0 Å². The summed E-state index contributed by atoms with van der Waals surface area (Å²) in [5, 5.41) is 19.1. The number of nitro groups is 1. The fourth-order valence-electron chi connectivity index (χ4n) is 2.98. The summed E-state index contributed by atoms with van der Waals surface area (Å²) >= 11 is 0. The summed E-state index contributed by atoms with van der Waals surface area (Å²) < 4.78 is 14.3. The molecule has 11 heteroatoms. The van der Waals surface area contributed by atoms with Crippen LogP contribution in [-0.4, -0.2) is 52.2 Å². The molecule has 0 N–H and O–H groups in total. The van der Waals surface area contributed by atoms with Gasteiger partial charge in [0.2, 0.25) is 0 Å². The maximum Gasteiger partial charge on any atom is 0.382 e. The number of esters is 2. The minimum Gasteiger partial charge on any atom is -0.464 e. The number of methoxy groups -OCH3 is 1. The van der Waals surface area contributed by atoms with E-state index in [2.05, 4.69) is 19.7 Å². The second-order valence-electron chi connectivity index (χ2n) is 6.33. The maximum absolute atomic E-state index is 12.6. The lowest BCUT2D eigenvalue weighted by atomic mass is 9.78. The molecule has 0 fully saturated rings. The Hall–Kier alpha value is -3.37. The lowest BCUT2D eigenvalue weighted by molar-refractivity contribution is -0.515. The van der Waals surface area contributed by atoms with Crippen molar-refractivity contribution in [2.45, 2.75) is 38.8 Å². The maximum atomic E-state index is 12.6. The van der Waals surface area contributed by atoms with Gasteiger partial charge in [-0.25, -0.2) is 9.42 Å². The van der Waals surface area contributed by atoms with Crippen molar-refractivity contribution in [3.63, 3.8) is 0 Å². The summed E-state index contributed by atoms with van der Waals surface area (Å²) in [5.74, 6) is -6.09. The van der Waals surface area contributed by atoms with Crippen molar-refractivity contribution in [2.24, 2.45) is 5.92 Å². The molecule has 0 aliphatic rings. The van der Waals surface area contributed by atoms with E-state index in [0.717, 1.165) is 14.0 Å². The lowest BCUT2D eigenvalue weighted by Crippen LogP contribution is -2.45. The molecule has 0 aliphatic heterocycles. The van der Waals surface area contributed by atoms with E-state index < -0.39 is 46.6 Å². The van der Waals surface area contributed by atoms with E-state index in [-0.39, 0.29) is 16.6 Å². The monoisotopic (exact) mass is 393 g/mol. The third kappa shape index (κ3) is 4.13. The highest BCUT2D eigenvalue weighted by molar-refractivity contribution is 6.00. The zero-order valence-corrected chi connectivity index (χ0v) is 15.6. The number of carbonyl (C=O) groups excluding carboxylic acids is 3. The number of hydrogen-bond donors (Lipinski definition) is 0. The largest absolute Gasteiger partial charge is 0.464 e. The predicted octanol–water partition coefficient (Wildman–Crippen LogP) is 1.28. The SMILES string of the molecule is COC(=O)C(C(c1cccc2nonc12)C(C(C)=O)C(=O)OC(C)C)[N+](=O)[O-]. The second-order valence-corrected chi connectivity index (χ2v) is 6.33. The summed E-state index contributed by atoms with van der Waals surface area (Å²) in [5.41, 5.74) is 0.410. The summed E-state index contributed by atoms with van der Waals surface area (Å²) in [6.07, 6.45) is -0.577. The van der Waals surface area contributed by atoms with Crippen LogP contribution in [0.5, 0.6) is 0 Å². The van der Waals surface area contributed by atoms with Crippen molar-refractivity contribution >= 4 is 28.8 Å². The first-order chi connectivity index (χ1) is 13.2. The number of fused-ring (bicyclic) bond motifs is 1. The van der Waals surface area contributed by atoms with E-state index in [4.69, 9.17) is 4.74 Å². The van der Waals surface area contributed by atoms with Crippen LogP contribution in [0.1, 0.15) is 32.3 Å². The number of nitrogens with zero attached hydrogens (tertiary/aromatic N) is 3. The Morgan fingerprint density at radius 1 is 1.18 bits per heavy atom. The van der Waals surface area contributed by atoms with Gasteiger partial charge >= 0.3 is 18.0 Å². The van der Waals surface area contributed by atoms with Crippen molar-refractivity contribution in [1.29, 1.82) is 0 Å². The molecule has 3 unspecified atom stereocenters. The molecule has 0 saturated heterocycles. The Morgan fingerprint density at radius 2 is 1.86 bits per heavy atom. The van der Waals surface area contributed by atoms with Gasteiger partial charge in [-0.15, -0.1) is 0 Å². The van der Waals surface area contributed by atoms with Crippen molar-refractivity contribution in [3.05, 3.63) is 33.9 Å². The predicted molar refractivity (Wildman–Crippen MR) is 92.7 cm³/mol. The Kier molecular flexibility index (Phi) is 6.39. The lowest BCUT2D eigenvalue weighted by Gasteiger charge is -2.26. The summed E-state index contributed by atoms with van der Waals surface area (Å²) in [7, 11) is 0.976. The first-order valence-corrected chi connectivity index (χ1v) is 8.32. The highest BCUT2D eigenvalue weighted by Gasteiger charge is 2.51. The Labute approximate surface area is 159 Å².